The molecule has 1 aromatic carbocycles. The largest absolute Gasteiger partial charge is 0.497 e. The van der Waals surface area contributed by atoms with Crippen LogP contribution in [0.1, 0.15) is 12.8 Å². The van der Waals surface area contributed by atoms with Crippen LogP contribution in [0.2, 0.25) is 0 Å². The molecule has 0 saturated carbocycles. The first kappa shape index (κ1) is 11.3. The molecule has 0 atom stereocenters. The van der Waals surface area contributed by atoms with Gasteiger partial charge in [-0.25, -0.2) is 0 Å². The lowest BCUT2D eigenvalue weighted by molar-refractivity contribution is 0.114. The molecule has 0 bridgehead atoms. The van der Waals surface area contributed by atoms with Crippen molar-refractivity contribution in [1.29, 1.82) is 0 Å². The summed E-state index contributed by atoms with van der Waals surface area (Å²) in [7, 11) is 3.83. The lowest BCUT2D eigenvalue weighted by atomic mass is 10.1. The molecule has 0 aliphatic carbocycles. The zero-order chi connectivity index (χ0) is 11.4. The van der Waals surface area contributed by atoms with Gasteiger partial charge in [0.25, 0.3) is 0 Å². The van der Waals surface area contributed by atoms with Crippen molar-refractivity contribution in [2.75, 3.05) is 27.2 Å². The molecule has 1 heterocycles. The first-order valence-corrected chi connectivity index (χ1v) is 5.77. The molecule has 1 aliphatic heterocycles. The normalized spacial score (nSPS) is 18.4. The third kappa shape index (κ3) is 2.89. The third-order valence-electron chi connectivity index (χ3n) is 3.03. The van der Waals surface area contributed by atoms with Gasteiger partial charge in [-0.2, -0.15) is 0 Å². The van der Waals surface area contributed by atoms with Gasteiger partial charge in [0.1, 0.15) is 17.6 Å². The second-order valence-electron chi connectivity index (χ2n) is 4.30. The highest BCUT2D eigenvalue weighted by Gasteiger charge is 2.17. The van der Waals surface area contributed by atoms with E-state index in [0.29, 0.717) is 6.10 Å². The van der Waals surface area contributed by atoms with Crippen LogP contribution in [-0.2, 0) is 0 Å². The molecule has 0 spiro atoms. The highest BCUT2D eigenvalue weighted by Crippen LogP contribution is 2.21. The topological polar surface area (TPSA) is 21.7 Å². The van der Waals surface area contributed by atoms with Crippen molar-refractivity contribution in [1.82, 2.24) is 4.90 Å². The van der Waals surface area contributed by atoms with E-state index in [2.05, 4.69) is 11.9 Å². The highest BCUT2D eigenvalue weighted by atomic mass is 16.5. The maximum Gasteiger partial charge on any atom is 0.119 e. The number of rotatable bonds is 3. The fraction of sp³-hybridized carbons (Fsp3) is 0.538. The first-order chi connectivity index (χ1) is 7.78. The molecule has 1 aliphatic rings. The standard InChI is InChI=1S/C13H19NO2/c1-14-9-7-13(8-10-14)16-12-5-3-11(15-2)4-6-12/h3-6,13H,7-10H2,1-2H3. The minimum Gasteiger partial charge on any atom is -0.497 e. The van der Waals surface area contributed by atoms with Crippen LogP contribution >= 0.6 is 0 Å². The molecule has 0 radical (unpaired) electrons. The van der Waals surface area contributed by atoms with E-state index in [1.165, 1.54) is 0 Å². The quantitative estimate of drug-likeness (QED) is 0.780. The minimum absolute atomic E-state index is 0.365. The van der Waals surface area contributed by atoms with Crippen molar-refractivity contribution in [2.45, 2.75) is 18.9 Å². The Labute approximate surface area is 97.0 Å². The average Bonchev–Trinajstić information content (AvgIpc) is 2.33. The maximum atomic E-state index is 5.92. The van der Waals surface area contributed by atoms with E-state index < -0.39 is 0 Å². The van der Waals surface area contributed by atoms with E-state index in [0.717, 1.165) is 37.4 Å². The van der Waals surface area contributed by atoms with Crippen LogP contribution in [0.3, 0.4) is 0 Å². The molecule has 0 N–H and O–H groups in total. The maximum absolute atomic E-state index is 5.92. The van der Waals surface area contributed by atoms with Crippen LogP contribution in [0.5, 0.6) is 11.5 Å². The van der Waals surface area contributed by atoms with Crippen LogP contribution in [-0.4, -0.2) is 38.3 Å². The van der Waals surface area contributed by atoms with Crippen molar-refractivity contribution in [2.24, 2.45) is 0 Å². The minimum atomic E-state index is 0.365. The Balaban J connectivity index is 1.88. The Hall–Kier alpha value is -1.22. The van der Waals surface area contributed by atoms with E-state index in [-0.39, 0.29) is 0 Å². The van der Waals surface area contributed by atoms with Crippen molar-refractivity contribution in [3.05, 3.63) is 24.3 Å². The highest BCUT2D eigenvalue weighted by molar-refractivity contribution is 5.31. The van der Waals surface area contributed by atoms with Crippen molar-refractivity contribution < 1.29 is 9.47 Å². The molecule has 0 aromatic heterocycles. The number of ether oxygens (including phenoxy) is 2. The SMILES string of the molecule is COc1ccc(OC2CCN(C)CC2)cc1. The Morgan fingerprint density at radius 3 is 2.19 bits per heavy atom. The summed E-state index contributed by atoms with van der Waals surface area (Å²) < 4.78 is 11.0. The number of hydrogen-bond acceptors (Lipinski definition) is 3. The van der Waals surface area contributed by atoms with Gasteiger partial charge in [0, 0.05) is 13.1 Å². The molecule has 3 heteroatoms. The molecule has 2 rings (SSSR count). The fourth-order valence-corrected chi connectivity index (χ4v) is 1.95. The van der Waals surface area contributed by atoms with E-state index >= 15 is 0 Å². The molecule has 16 heavy (non-hydrogen) atoms. The number of piperidine rings is 1. The number of likely N-dealkylation sites (tertiary alicyclic amines) is 1. The van der Waals surface area contributed by atoms with Gasteiger partial charge in [-0.3, -0.25) is 0 Å². The van der Waals surface area contributed by atoms with Crippen molar-refractivity contribution in [3.8, 4) is 11.5 Å². The van der Waals surface area contributed by atoms with Gasteiger partial charge in [-0.1, -0.05) is 0 Å². The second-order valence-corrected chi connectivity index (χ2v) is 4.30. The van der Waals surface area contributed by atoms with E-state index in [9.17, 15) is 0 Å². The number of benzene rings is 1. The number of methoxy groups -OCH3 is 1. The third-order valence-corrected chi connectivity index (χ3v) is 3.03. The predicted molar refractivity (Wildman–Crippen MR) is 64.1 cm³/mol. The second kappa shape index (κ2) is 5.21. The van der Waals surface area contributed by atoms with E-state index in [1.807, 2.05) is 24.3 Å². The summed E-state index contributed by atoms with van der Waals surface area (Å²) in [6.45, 7) is 2.25. The van der Waals surface area contributed by atoms with Gasteiger partial charge in [0.05, 0.1) is 7.11 Å². The van der Waals surface area contributed by atoms with Gasteiger partial charge in [0.2, 0.25) is 0 Å². The van der Waals surface area contributed by atoms with Crippen LogP contribution < -0.4 is 9.47 Å². The van der Waals surface area contributed by atoms with Gasteiger partial charge in [-0.15, -0.1) is 0 Å². The Morgan fingerprint density at radius 2 is 1.62 bits per heavy atom. The first-order valence-electron chi connectivity index (χ1n) is 5.77. The van der Waals surface area contributed by atoms with Gasteiger partial charge in [-0.05, 0) is 44.2 Å². The van der Waals surface area contributed by atoms with Crippen LogP contribution in [0, 0.1) is 0 Å². The smallest absolute Gasteiger partial charge is 0.119 e. The molecule has 3 nitrogen and oxygen atoms in total. The summed E-state index contributed by atoms with van der Waals surface area (Å²) >= 11 is 0. The summed E-state index contributed by atoms with van der Waals surface area (Å²) in [4.78, 5) is 2.34. The van der Waals surface area contributed by atoms with Gasteiger partial charge in [0.15, 0.2) is 0 Å². The summed E-state index contributed by atoms with van der Waals surface area (Å²) in [6, 6.07) is 7.81. The van der Waals surface area contributed by atoms with Gasteiger partial charge >= 0.3 is 0 Å². The molecular weight excluding hydrogens is 202 g/mol. The van der Waals surface area contributed by atoms with E-state index in [1.54, 1.807) is 7.11 Å². The van der Waals surface area contributed by atoms with Gasteiger partial charge < -0.3 is 14.4 Å². The summed E-state index contributed by atoms with van der Waals surface area (Å²) in [5.41, 5.74) is 0. The fourth-order valence-electron chi connectivity index (χ4n) is 1.95. The average molecular weight is 221 g/mol. The monoisotopic (exact) mass is 221 g/mol. The Bertz CT molecular complexity index is 315. The lowest BCUT2D eigenvalue weighted by Crippen LogP contribution is -2.35. The van der Waals surface area contributed by atoms with Crippen molar-refractivity contribution >= 4 is 0 Å². The molecule has 1 saturated heterocycles. The lowest BCUT2D eigenvalue weighted by Gasteiger charge is -2.29. The molecule has 0 unspecified atom stereocenters. The Kier molecular flexibility index (Phi) is 3.67. The zero-order valence-electron chi connectivity index (χ0n) is 9.98. The summed E-state index contributed by atoms with van der Waals surface area (Å²) in [5, 5.41) is 0. The molecule has 1 aromatic rings. The van der Waals surface area contributed by atoms with Crippen LogP contribution in [0.4, 0.5) is 0 Å². The zero-order valence-corrected chi connectivity index (χ0v) is 9.98. The molecular formula is C13H19NO2. The summed E-state index contributed by atoms with van der Waals surface area (Å²) in [6.07, 6.45) is 2.59. The molecule has 88 valence electrons. The molecule has 0 amide bonds. The molecule has 1 fully saturated rings. The van der Waals surface area contributed by atoms with E-state index in [4.69, 9.17) is 9.47 Å². The predicted octanol–water partition coefficient (Wildman–Crippen LogP) is 2.17. The van der Waals surface area contributed by atoms with Crippen LogP contribution in [0.15, 0.2) is 24.3 Å². The summed E-state index contributed by atoms with van der Waals surface area (Å²) in [5.74, 6) is 1.81. The Morgan fingerprint density at radius 1 is 1.06 bits per heavy atom. The number of nitrogens with zero attached hydrogens (tertiary/aromatic N) is 1. The van der Waals surface area contributed by atoms with Crippen molar-refractivity contribution in [3.63, 3.8) is 0 Å². The van der Waals surface area contributed by atoms with Crippen LogP contribution in [0.25, 0.3) is 0 Å². The number of hydrogen-bond donors (Lipinski definition) is 0.